The predicted molar refractivity (Wildman–Crippen MR) is 101 cm³/mol. The van der Waals surface area contributed by atoms with Crippen molar-refractivity contribution in [3.05, 3.63) is 17.0 Å². The van der Waals surface area contributed by atoms with Crippen LogP contribution in [0.25, 0.3) is 0 Å². The number of fused-ring (bicyclic) bond motifs is 2. The number of aryl methyl sites for hydroxylation is 1. The molecule has 0 unspecified atom stereocenters. The Balaban J connectivity index is 1.72. The second-order valence-electron chi connectivity index (χ2n) is 9.46. The molecule has 0 N–H and O–H groups in total. The van der Waals surface area contributed by atoms with E-state index in [2.05, 4.69) is 39.3 Å². The van der Waals surface area contributed by atoms with Crippen molar-refractivity contribution < 1.29 is 0 Å². The van der Waals surface area contributed by atoms with Crippen LogP contribution in [0.1, 0.15) is 76.2 Å². The predicted octanol–water partition coefficient (Wildman–Crippen LogP) is 5.69. The average Bonchev–Trinajstić information content (AvgIpc) is 2.69. The monoisotopic (exact) mass is 314 g/mol. The smallest absolute Gasteiger partial charge is 0.146 e. The van der Waals surface area contributed by atoms with Gasteiger partial charge in [-0.15, -0.1) is 0 Å². The van der Waals surface area contributed by atoms with Crippen LogP contribution in [0.4, 0.5) is 0 Å². The van der Waals surface area contributed by atoms with Crippen molar-refractivity contribution in [3.8, 4) is 0 Å². The molecule has 0 aliphatic carbocycles. The van der Waals surface area contributed by atoms with Gasteiger partial charge in [-0.1, -0.05) is 77.3 Å². The lowest BCUT2D eigenvalue weighted by Gasteiger charge is -2.40. The summed E-state index contributed by atoms with van der Waals surface area (Å²) in [7, 11) is 0. The zero-order valence-electron chi connectivity index (χ0n) is 16.0. The summed E-state index contributed by atoms with van der Waals surface area (Å²) in [6, 6.07) is 0. The molecular weight excluding hydrogens is 279 g/mol. The van der Waals surface area contributed by atoms with Crippen molar-refractivity contribution in [2.24, 2.45) is 5.41 Å². The van der Waals surface area contributed by atoms with Crippen LogP contribution in [-0.4, -0.2) is 16.5 Å². The highest BCUT2D eigenvalue weighted by molar-refractivity contribution is 6.62. The molecule has 1 aromatic rings. The maximum absolute atomic E-state index is 4.85. The molecule has 0 atom stereocenters. The van der Waals surface area contributed by atoms with E-state index in [1.54, 1.807) is 0 Å². The molecule has 3 heteroatoms. The zero-order valence-corrected chi connectivity index (χ0v) is 16.0. The van der Waals surface area contributed by atoms with Gasteiger partial charge < -0.3 is 0 Å². The second-order valence-corrected chi connectivity index (χ2v) is 9.46. The Hall–Kier alpha value is -0.725. The van der Waals surface area contributed by atoms with E-state index in [-0.39, 0.29) is 0 Å². The lowest BCUT2D eigenvalue weighted by Crippen LogP contribution is -2.35. The summed E-state index contributed by atoms with van der Waals surface area (Å²) >= 11 is 0. The normalized spacial score (nSPS) is 25.0. The van der Waals surface area contributed by atoms with E-state index < -0.39 is 0 Å². The van der Waals surface area contributed by atoms with Crippen LogP contribution in [0.5, 0.6) is 0 Å². The number of aromatic nitrogens is 2. The van der Waals surface area contributed by atoms with Gasteiger partial charge in [0.1, 0.15) is 6.71 Å². The van der Waals surface area contributed by atoms with Gasteiger partial charge in [-0.3, -0.25) is 4.68 Å². The summed E-state index contributed by atoms with van der Waals surface area (Å²) in [5.74, 6) is 2.06. The Morgan fingerprint density at radius 1 is 1.04 bits per heavy atom. The van der Waals surface area contributed by atoms with E-state index in [1.165, 1.54) is 68.2 Å². The molecule has 2 bridgehead atoms. The molecule has 2 fully saturated rings. The van der Waals surface area contributed by atoms with Gasteiger partial charge in [0.15, 0.2) is 0 Å². The molecule has 0 radical (unpaired) electrons. The summed E-state index contributed by atoms with van der Waals surface area (Å²) in [5, 5.41) is 4.85. The maximum atomic E-state index is 4.85. The highest BCUT2D eigenvalue weighted by Gasteiger charge is 2.38. The van der Waals surface area contributed by atoms with Crippen LogP contribution in [0, 0.1) is 19.3 Å². The van der Waals surface area contributed by atoms with Crippen molar-refractivity contribution >= 4 is 6.71 Å². The quantitative estimate of drug-likeness (QED) is 0.653. The van der Waals surface area contributed by atoms with E-state index >= 15 is 0 Å². The standard InChI is InChI=1S/C20H35BN2/c1-15-16(2)22-23(14-20(3,4)5)19(15)12-13-21-17-8-6-9-18(21)11-7-10-17/h17-18H,6-14H2,1-5H3. The molecule has 3 rings (SSSR count). The van der Waals surface area contributed by atoms with Gasteiger partial charge in [0.25, 0.3) is 0 Å². The third-order valence-corrected chi connectivity index (χ3v) is 6.41. The fourth-order valence-electron chi connectivity index (χ4n) is 5.20. The molecule has 128 valence electrons. The Morgan fingerprint density at radius 2 is 1.61 bits per heavy atom. The Morgan fingerprint density at radius 3 is 2.13 bits per heavy atom. The van der Waals surface area contributed by atoms with Gasteiger partial charge in [-0.25, -0.2) is 0 Å². The van der Waals surface area contributed by atoms with Crippen molar-refractivity contribution in [3.63, 3.8) is 0 Å². The number of hydrogen-bond donors (Lipinski definition) is 0. The molecule has 23 heavy (non-hydrogen) atoms. The molecule has 0 spiro atoms. The molecule has 0 amide bonds. The van der Waals surface area contributed by atoms with Crippen molar-refractivity contribution in [2.75, 3.05) is 0 Å². The molecular formula is C20H35BN2. The van der Waals surface area contributed by atoms with Gasteiger partial charge >= 0.3 is 0 Å². The van der Waals surface area contributed by atoms with Crippen LogP contribution in [-0.2, 0) is 13.0 Å². The maximum Gasteiger partial charge on any atom is 0.146 e. The van der Waals surface area contributed by atoms with E-state index in [0.717, 1.165) is 24.9 Å². The summed E-state index contributed by atoms with van der Waals surface area (Å²) < 4.78 is 2.32. The Kier molecular flexibility index (Phi) is 4.94. The summed E-state index contributed by atoms with van der Waals surface area (Å²) in [5.41, 5.74) is 4.48. The van der Waals surface area contributed by atoms with Crippen LogP contribution in [0.2, 0.25) is 18.0 Å². The van der Waals surface area contributed by atoms with Gasteiger partial charge in [0.05, 0.1) is 5.69 Å². The number of nitrogens with zero attached hydrogens (tertiary/aromatic N) is 2. The first-order valence-electron chi connectivity index (χ1n) is 9.88. The third kappa shape index (κ3) is 3.86. The number of hydrogen-bond acceptors (Lipinski definition) is 1. The molecule has 1 aromatic heterocycles. The van der Waals surface area contributed by atoms with Crippen LogP contribution in [0.3, 0.4) is 0 Å². The van der Waals surface area contributed by atoms with Crippen molar-refractivity contribution in [2.45, 2.75) is 104 Å². The molecule has 2 saturated heterocycles. The van der Waals surface area contributed by atoms with Crippen LogP contribution in [0.15, 0.2) is 0 Å². The Labute approximate surface area is 143 Å². The van der Waals surface area contributed by atoms with E-state index in [9.17, 15) is 0 Å². The van der Waals surface area contributed by atoms with Crippen LogP contribution < -0.4 is 0 Å². The summed E-state index contributed by atoms with van der Waals surface area (Å²) in [4.78, 5) is 0. The minimum Gasteiger partial charge on any atom is -0.269 e. The lowest BCUT2D eigenvalue weighted by atomic mass is 9.26. The minimum atomic E-state index is 0.293. The molecule has 2 nitrogen and oxygen atoms in total. The summed E-state index contributed by atoms with van der Waals surface area (Å²) in [6.45, 7) is 13.4. The van der Waals surface area contributed by atoms with Crippen LogP contribution >= 0.6 is 0 Å². The van der Waals surface area contributed by atoms with Crippen molar-refractivity contribution in [1.29, 1.82) is 0 Å². The van der Waals surface area contributed by atoms with Gasteiger partial charge in [0.2, 0.25) is 0 Å². The Bertz CT molecular complexity index is 519. The first-order chi connectivity index (χ1) is 10.8. The molecule has 3 heterocycles. The zero-order chi connectivity index (χ0) is 16.6. The fourth-order valence-corrected chi connectivity index (χ4v) is 5.20. The topological polar surface area (TPSA) is 17.8 Å². The van der Waals surface area contributed by atoms with Gasteiger partial charge in [-0.05, 0) is 31.2 Å². The first-order valence-corrected chi connectivity index (χ1v) is 9.88. The van der Waals surface area contributed by atoms with E-state index in [0.29, 0.717) is 5.41 Å². The second kappa shape index (κ2) is 6.65. The molecule has 2 aliphatic heterocycles. The van der Waals surface area contributed by atoms with Gasteiger partial charge in [0, 0.05) is 12.2 Å². The summed E-state index contributed by atoms with van der Waals surface area (Å²) in [6.07, 6.45) is 11.6. The largest absolute Gasteiger partial charge is 0.269 e. The van der Waals surface area contributed by atoms with Gasteiger partial charge in [-0.2, -0.15) is 5.10 Å². The lowest BCUT2D eigenvalue weighted by molar-refractivity contribution is 0.319. The number of rotatable bonds is 4. The van der Waals surface area contributed by atoms with E-state index in [1.807, 2.05) is 0 Å². The van der Waals surface area contributed by atoms with Crippen molar-refractivity contribution in [1.82, 2.24) is 9.78 Å². The molecule has 2 aliphatic rings. The highest BCUT2D eigenvalue weighted by atomic mass is 15.3. The van der Waals surface area contributed by atoms with E-state index in [4.69, 9.17) is 5.10 Å². The fraction of sp³-hybridized carbons (Fsp3) is 0.850. The minimum absolute atomic E-state index is 0.293. The third-order valence-electron chi connectivity index (χ3n) is 6.41. The highest BCUT2D eigenvalue weighted by Crippen LogP contribution is 2.48. The SMILES string of the molecule is Cc1nn(CC(C)(C)C)c(CCB2C3CCCC2CCC3)c1C. The molecule has 0 aromatic carbocycles. The first kappa shape index (κ1) is 17.1. The average molecular weight is 314 g/mol. The molecule has 0 saturated carbocycles.